The van der Waals surface area contributed by atoms with Gasteiger partial charge in [-0.05, 0) is 13.8 Å². The highest BCUT2D eigenvalue weighted by atomic mass is 16.6. The first-order valence-electron chi connectivity index (χ1n) is 3.40. The third-order valence-corrected chi connectivity index (χ3v) is 2.12. The number of hydrogen-bond donors (Lipinski definition) is 0. The lowest BCUT2D eigenvalue weighted by Crippen LogP contribution is -2.34. The standard InChI is InChI=1S/C7H10O3/c1-6(2)5(8)7(3-9-6)4-10-7/h3-4H2,1-2H3. The second-order valence-electron chi connectivity index (χ2n) is 3.41. The quantitative estimate of drug-likeness (QED) is 0.451. The van der Waals surface area contributed by atoms with Crippen molar-refractivity contribution in [2.45, 2.75) is 25.0 Å². The van der Waals surface area contributed by atoms with E-state index >= 15 is 0 Å². The summed E-state index contributed by atoms with van der Waals surface area (Å²) in [6.45, 7) is 4.56. The maximum absolute atomic E-state index is 11.4. The zero-order valence-corrected chi connectivity index (χ0v) is 6.14. The van der Waals surface area contributed by atoms with Crippen molar-refractivity contribution in [2.24, 2.45) is 0 Å². The van der Waals surface area contributed by atoms with E-state index in [-0.39, 0.29) is 5.78 Å². The molecule has 0 saturated carbocycles. The third kappa shape index (κ3) is 0.592. The predicted octanol–water partition coefficient (Wildman–Crippen LogP) is 0.133. The summed E-state index contributed by atoms with van der Waals surface area (Å²) in [4.78, 5) is 11.4. The van der Waals surface area contributed by atoms with E-state index in [1.807, 2.05) is 0 Å². The molecule has 3 heteroatoms. The molecule has 2 heterocycles. The normalized spacial score (nSPS) is 42.8. The first kappa shape index (κ1) is 6.31. The molecule has 2 fully saturated rings. The third-order valence-electron chi connectivity index (χ3n) is 2.12. The van der Waals surface area contributed by atoms with Gasteiger partial charge < -0.3 is 9.47 Å². The number of carbonyl (C=O) groups is 1. The van der Waals surface area contributed by atoms with Crippen molar-refractivity contribution < 1.29 is 14.3 Å². The summed E-state index contributed by atoms with van der Waals surface area (Å²) < 4.78 is 10.3. The number of epoxide rings is 1. The minimum absolute atomic E-state index is 0.0972. The Morgan fingerprint density at radius 3 is 2.10 bits per heavy atom. The SMILES string of the molecule is CC1(C)OCC2(CO2)C1=O. The van der Waals surface area contributed by atoms with Crippen LogP contribution in [0.1, 0.15) is 13.8 Å². The highest BCUT2D eigenvalue weighted by Crippen LogP contribution is 2.40. The van der Waals surface area contributed by atoms with E-state index in [1.165, 1.54) is 0 Å². The van der Waals surface area contributed by atoms with Crippen LogP contribution in [0.25, 0.3) is 0 Å². The van der Waals surface area contributed by atoms with E-state index in [0.29, 0.717) is 13.2 Å². The lowest BCUT2D eigenvalue weighted by atomic mass is 9.97. The monoisotopic (exact) mass is 142 g/mol. The second kappa shape index (κ2) is 1.43. The second-order valence-corrected chi connectivity index (χ2v) is 3.41. The van der Waals surface area contributed by atoms with Gasteiger partial charge in [0.2, 0.25) is 0 Å². The van der Waals surface area contributed by atoms with Crippen LogP contribution >= 0.6 is 0 Å². The Kier molecular flexibility index (Phi) is 0.904. The summed E-state index contributed by atoms with van der Waals surface area (Å²) in [5, 5.41) is 0. The highest BCUT2D eigenvalue weighted by Gasteiger charge is 2.62. The van der Waals surface area contributed by atoms with Crippen LogP contribution in [0.4, 0.5) is 0 Å². The topological polar surface area (TPSA) is 38.8 Å². The molecule has 1 spiro atoms. The van der Waals surface area contributed by atoms with Gasteiger partial charge in [-0.25, -0.2) is 0 Å². The van der Waals surface area contributed by atoms with Crippen molar-refractivity contribution in [3.05, 3.63) is 0 Å². The van der Waals surface area contributed by atoms with Crippen molar-refractivity contribution >= 4 is 5.78 Å². The largest absolute Gasteiger partial charge is 0.364 e. The van der Waals surface area contributed by atoms with Crippen LogP contribution in [0.5, 0.6) is 0 Å². The molecule has 2 rings (SSSR count). The van der Waals surface area contributed by atoms with Gasteiger partial charge >= 0.3 is 0 Å². The number of ether oxygens (including phenoxy) is 2. The molecule has 2 aliphatic rings. The van der Waals surface area contributed by atoms with E-state index in [1.54, 1.807) is 13.8 Å². The van der Waals surface area contributed by atoms with E-state index in [9.17, 15) is 4.79 Å². The molecule has 56 valence electrons. The Hall–Kier alpha value is -0.410. The Morgan fingerprint density at radius 1 is 1.30 bits per heavy atom. The summed E-state index contributed by atoms with van der Waals surface area (Å²) >= 11 is 0. The zero-order chi connectivity index (χ0) is 7.41. The molecule has 0 aromatic carbocycles. The molecule has 0 amide bonds. The van der Waals surface area contributed by atoms with Crippen molar-refractivity contribution in [3.63, 3.8) is 0 Å². The van der Waals surface area contributed by atoms with Crippen LogP contribution in [0.15, 0.2) is 0 Å². The van der Waals surface area contributed by atoms with Crippen molar-refractivity contribution in [3.8, 4) is 0 Å². The smallest absolute Gasteiger partial charge is 0.200 e. The lowest BCUT2D eigenvalue weighted by molar-refractivity contribution is -0.130. The van der Waals surface area contributed by atoms with Crippen LogP contribution < -0.4 is 0 Å². The maximum atomic E-state index is 11.4. The predicted molar refractivity (Wildman–Crippen MR) is 33.7 cm³/mol. The Morgan fingerprint density at radius 2 is 1.90 bits per heavy atom. The number of ketones is 1. The fraction of sp³-hybridized carbons (Fsp3) is 0.857. The summed E-state index contributed by atoms with van der Waals surface area (Å²) in [5.74, 6) is 0.0972. The molecule has 0 aromatic heterocycles. The molecule has 2 aliphatic heterocycles. The van der Waals surface area contributed by atoms with Crippen LogP contribution in [-0.4, -0.2) is 30.2 Å². The molecule has 2 saturated heterocycles. The van der Waals surface area contributed by atoms with Gasteiger partial charge in [0.1, 0.15) is 5.60 Å². The average Bonchev–Trinajstić information content (AvgIpc) is 2.59. The van der Waals surface area contributed by atoms with Gasteiger partial charge in [-0.15, -0.1) is 0 Å². The van der Waals surface area contributed by atoms with E-state index < -0.39 is 11.2 Å². The van der Waals surface area contributed by atoms with Gasteiger partial charge in [-0.3, -0.25) is 4.79 Å². The number of hydrogen-bond acceptors (Lipinski definition) is 3. The molecule has 10 heavy (non-hydrogen) atoms. The fourth-order valence-electron chi connectivity index (χ4n) is 1.28. The molecule has 1 unspecified atom stereocenters. The minimum atomic E-state index is -0.615. The minimum Gasteiger partial charge on any atom is -0.364 e. The summed E-state index contributed by atoms with van der Waals surface area (Å²) in [7, 11) is 0. The number of rotatable bonds is 0. The number of Topliss-reactive ketones (excluding diaryl/α,β-unsaturated/α-hetero) is 1. The van der Waals surface area contributed by atoms with Gasteiger partial charge in [-0.2, -0.15) is 0 Å². The van der Waals surface area contributed by atoms with Gasteiger partial charge in [0, 0.05) is 0 Å². The van der Waals surface area contributed by atoms with E-state index in [0.717, 1.165) is 0 Å². The lowest BCUT2D eigenvalue weighted by Gasteiger charge is -2.12. The van der Waals surface area contributed by atoms with Gasteiger partial charge in [0.05, 0.1) is 13.2 Å². The van der Waals surface area contributed by atoms with Crippen molar-refractivity contribution in [1.29, 1.82) is 0 Å². The van der Waals surface area contributed by atoms with Crippen LogP contribution in [0, 0.1) is 0 Å². The Balaban J connectivity index is 2.28. The van der Waals surface area contributed by atoms with Crippen molar-refractivity contribution in [1.82, 2.24) is 0 Å². The average molecular weight is 142 g/mol. The molecular formula is C7H10O3. The Bertz CT molecular complexity index is 183. The first-order valence-corrected chi connectivity index (χ1v) is 3.40. The van der Waals surface area contributed by atoms with Gasteiger partial charge in [0.25, 0.3) is 0 Å². The fourth-order valence-corrected chi connectivity index (χ4v) is 1.28. The molecule has 0 aromatic rings. The van der Waals surface area contributed by atoms with Gasteiger partial charge in [0.15, 0.2) is 11.4 Å². The number of carbonyl (C=O) groups excluding carboxylic acids is 1. The molecular weight excluding hydrogens is 132 g/mol. The van der Waals surface area contributed by atoms with Crippen LogP contribution in [0.2, 0.25) is 0 Å². The zero-order valence-electron chi connectivity index (χ0n) is 6.14. The van der Waals surface area contributed by atoms with Gasteiger partial charge in [-0.1, -0.05) is 0 Å². The summed E-state index contributed by atoms with van der Waals surface area (Å²) in [5.41, 5.74) is -1.14. The first-order chi connectivity index (χ1) is 4.57. The molecule has 0 N–H and O–H groups in total. The highest BCUT2D eigenvalue weighted by molar-refractivity contribution is 5.98. The molecule has 0 bridgehead atoms. The summed E-state index contributed by atoms with van der Waals surface area (Å²) in [6.07, 6.45) is 0. The van der Waals surface area contributed by atoms with E-state index in [2.05, 4.69) is 0 Å². The molecule has 3 nitrogen and oxygen atoms in total. The molecule has 0 aliphatic carbocycles. The van der Waals surface area contributed by atoms with Crippen LogP contribution in [-0.2, 0) is 14.3 Å². The van der Waals surface area contributed by atoms with Crippen molar-refractivity contribution in [2.75, 3.05) is 13.2 Å². The summed E-state index contributed by atoms with van der Waals surface area (Å²) in [6, 6.07) is 0. The van der Waals surface area contributed by atoms with E-state index in [4.69, 9.17) is 9.47 Å². The van der Waals surface area contributed by atoms with Crippen LogP contribution in [0.3, 0.4) is 0 Å². The Labute approximate surface area is 59.3 Å². The molecule has 0 radical (unpaired) electrons. The molecule has 1 atom stereocenters. The maximum Gasteiger partial charge on any atom is 0.200 e.